The number of aromatic nitrogens is 3. The SMILES string of the molecule is O=S(=O)(C1CC1)N1CC[C@@H](Nc2ncc3ccn([C@@H]4CCCNC[C@H]4F)c3n2)[C@H](F)C1. The highest BCUT2D eigenvalue weighted by atomic mass is 32.2. The van der Waals surface area contributed by atoms with Crippen molar-refractivity contribution in [3.63, 3.8) is 0 Å². The Morgan fingerprint density at radius 2 is 2.00 bits per heavy atom. The lowest BCUT2D eigenvalue weighted by Gasteiger charge is -2.34. The molecule has 1 saturated carbocycles. The van der Waals surface area contributed by atoms with Crippen molar-refractivity contribution >= 4 is 27.0 Å². The Kier molecular flexibility index (Phi) is 5.59. The van der Waals surface area contributed by atoms with Crippen LogP contribution in [0.15, 0.2) is 18.5 Å². The van der Waals surface area contributed by atoms with Gasteiger partial charge in [0.15, 0.2) is 0 Å². The molecule has 1 aliphatic carbocycles. The Balaban J connectivity index is 1.32. The van der Waals surface area contributed by atoms with Crippen LogP contribution in [-0.4, -0.2) is 77.1 Å². The van der Waals surface area contributed by atoms with Crippen LogP contribution in [0.25, 0.3) is 11.0 Å². The zero-order valence-corrected chi connectivity index (χ0v) is 18.1. The van der Waals surface area contributed by atoms with Crippen LogP contribution in [-0.2, 0) is 10.0 Å². The third-order valence-electron chi connectivity index (χ3n) is 6.55. The smallest absolute Gasteiger partial charge is 0.224 e. The first-order chi connectivity index (χ1) is 14.9. The maximum absolute atomic E-state index is 14.8. The van der Waals surface area contributed by atoms with Gasteiger partial charge in [0, 0.05) is 37.4 Å². The fourth-order valence-corrected chi connectivity index (χ4v) is 6.46. The highest BCUT2D eigenvalue weighted by Gasteiger charge is 2.43. The Hall–Kier alpha value is -1.85. The van der Waals surface area contributed by atoms with Gasteiger partial charge < -0.3 is 15.2 Å². The molecule has 4 atom stereocenters. The summed E-state index contributed by atoms with van der Waals surface area (Å²) in [6.07, 6.45) is 4.40. The second kappa shape index (κ2) is 8.25. The largest absolute Gasteiger partial charge is 0.348 e. The molecule has 3 aliphatic rings. The molecule has 0 aromatic carbocycles. The summed E-state index contributed by atoms with van der Waals surface area (Å²) in [4.78, 5) is 8.86. The maximum Gasteiger partial charge on any atom is 0.224 e. The van der Waals surface area contributed by atoms with Crippen molar-refractivity contribution in [2.24, 2.45) is 0 Å². The quantitative estimate of drug-likeness (QED) is 0.718. The summed E-state index contributed by atoms with van der Waals surface area (Å²) in [5.74, 6) is 0.278. The molecule has 31 heavy (non-hydrogen) atoms. The van der Waals surface area contributed by atoms with Gasteiger partial charge >= 0.3 is 0 Å². The van der Waals surface area contributed by atoms with Gasteiger partial charge in [0.25, 0.3) is 0 Å². The van der Waals surface area contributed by atoms with E-state index in [1.165, 1.54) is 4.31 Å². The lowest BCUT2D eigenvalue weighted by Crippen LogP contribution is -2.50. The number of piperidine rings is 1. The van der Waals surface area contributed by atoms with Crippen LogP contribution in [0, 0.1) is 0 Å². The van der Waals surface area contributed by atoms with E-state index in [1.807, 2.05) is 16.8 Å². The zero-order chi connectivity index (χ0) is 21.6. The van der Waals surface area contributed by atoms with E-state index in [1.54, 1.807) is 6.20 Å². The first-order valence-electron chi connectivity index (χ1n) is 11.0. The normalized spacial score (nSPS) is 30.9. The van der Waals surface area contributed by atoms with Crippen molar-refractivity contribution < 1.29 is 17.2 Å². The van der Waals surface area contributed by atoms with Gasteiger partial charge in [-0.3, -0.25) is 0 Å². The number of alkyl halides is 2. The molecular weight excluding hydrogens is 426 g/mol. The number of nitrogens with zero attached hydrogens (tertiary/aromatic N) is 4. The molecule has 2 aromatic heterocycles. The number of fused-ring (bicyclic) bond motifs is 1. The van der Waals surface area contributed by atoms with E-state index in [0.717, 1.165) is 18.4 Å². The first kappa shape index (κ1) is 21.0. The number of hydrogen-bond acceptors (Lipinski definition) is 6. The van der Waals surface area contributed by atoms with Crippen molar-refractivity contribution in [2.45, 2.75) is 61.8 Å². The van der Waals surface area contributed by atoms with Crippen LogP contribution in [0.5, 0.6) is 0 Å². The molecule has 3 fully saturated rings. The number of anilines is 1. The van der Waals surface area contributed by atoms with E-state index < -0.39 is 28.4 Å². The Bertz CT molecular complexity index is 1040. The van der Waals surface area contributed by atoms with Crippen molar-refractivity contribution in [3.05, 3.63) is 18.5 Å². The Morgan fingerprint density at radius 3 is 2.77 bits per heavy atom. The van der Waals surface area contributed by atoms with E-state index in [4.69, 9.17) is 0 Å². The molecule has 11 heteroatoms. The number of halogens is 2. The summed E-state index contributed by atoms with van der Waals surface area (Å²) in [6.45, 7) is 1.25. The van der Waals surface area contributed by atoms with Crippen LogP contribution in [0.1, 0.15) is 38.1 Å². The van der Waals surface area contributed by atoms with Crippen LogP contribution < -0.4 is 10.6 Å². The lowest BCUT2D eigenvalue weighted by molar-refractivity contribution is 0.185. The molecule has 2 N–H and O–H groups in total. The highest BCUT2D eigenvalue weighted by molar-refractivity contribution is 7.90. The summed E-state index contributed by atoms with van der Waals surface area (Å²) in [5, 5.41) is 6.63. The first-order valence-corrected chi connectivity index (χ1v) is 12.5. The van der Waals surface area contributed by atoms with Crippen LogP contribution >= 0.6 is 0 Å². The summed E-state index contributed by atoms with van der Waals surface area (Å²) in [6, 6.07) is 0.992. The van der Waals surface area contributed by atoms with Gasteiger partial charge in [-0.2, -0.15) is 9.29 Å². The van der Waals surface area contributed by atoms with Crippen molar-refractivity contribution in [1.82, 2.24) is 24.2 Å². The minimum absolute atomic E-state index is 0.145. The topological polar surface area (TPSA) is 92.2 Å². The van der Waals surface area contributed by atoms with Crippen LogP contribution in [0.4, 0.5) is 14.7 Å². The number of hydrogen-bond donors (Lipinski definition) is 2. The number of nitrogens with one attached hydrogen (secondary N) is 2. The predicted octanol–water partition coefficient (Wildman–Crippen LogP) is 2.01. The van der Waals surface area contributed by atoms with Gasteiger partial charge in [-0.25, -0.2) is 22.2 Å². The Morgan fingerprint density at radius 1 is 1.16 bits per heavy atom. The molecule has 170 valence electrons. The number of rotatable bonds is 5. The van der Waals surface area contributed by atoms with E-state index in [-0.39, 0.29) is 30.3 Å². The van der Waals surface area contributed by atoms with Crippen LogP contribution in [0.2, 0.25) is 0 Å². The minimum Gasteiger partial charge on any atom is -0.348 e. The van der Waals surface area contributed by atoms with E-state index in [2.05, 4.69) is 20.6 Å². The molecule has 0 unspecified atom stereocenters. The van der Waals surface area contributed by atoms with Gasteiger partial charge in [0.05, 0.1) is 17.3 Å². The summed E-state index contributed by atoms with van der Waals surface area (Å²) < 4.78 is 57.4. The number of sulfonamides is 1. The summed E-state index contributed by atoms with van der Waals surface area (Å²) in [5.41, 5.74) is 0.621. The second-order valence-electron chi connectivity index (χ2n) is 8.78. The molecule has 0 amide bonds. The fraction of sp³-hybridized carbons (Fsp3) is 0.700. The molecule has 4 heterocycles. The molecular formula is C20H28F2N6O2S. The Labute approximate surface area is 180 Å². The lowest BCUT2D eigenvalue weighted by atomic mass is 10.1. The molecule has 0 radical (unpaired) electrons. The van der Waals surface area contributed by atoms with E-state index in [0.29, 0.717) is 37.9 Å². The molecule has 0 bridgehead atoms. The standard InChI is InChI=1S/C20H28F2N6O2S/c21-15-11-23-7-1-2-18(15)28-9-5-13-10-24-20(26-19(13)28)25-17-6-8-27(12-16(17)22)31(29,30)14-3-4-14/h5,9-10,14-18,23H,1-4,6-8,11-12H2,(H,24,25,26)/t15-,16-,17-,18-/m1/s1. The molecule has 2 aliphatic heterocycles. The van der Waals surface area contributed by atoms with Crippen LogP contribution in [0.3, 0.4) is 0 Å². The van der Waals surface area contributed by atoms with Gasteiger partial charge in [-0.1, -0.05) is 0 Å². The van der Waals surface area contributed by atoms with Crippen molar-refractivity contribution in [2.75, 3.05) is 31.5 Å². The second-order valence-corrected chi connectivity index (χ2v) is 11.0. The summed E-state index contributed by atoms with van der Waals surface area (Å²) >= 11 is 0. The zero-order valence-electron chi connectivity index (χ0n) is 17.3. The van der Waals surface area contributed by atoms with E-state index >= 15 is 0 Å². The van der Waals surface area contributed by atoms with E-state index in [9.17, 15) is 17.2 Å². The average Bonchev–Trinajstić information content (AvgIpc) is 3.56. The third kappa shape index (κ3) is 4.14. The third-order valence-corrected chi connectivity index (χ3v) is 8.91. The highest BCUT2D eigenvalue weighted by Crippen LogP contribution is 2.33. The van der Waals surface area contributed by atoms with Gasteiger partial charge in [0.2, 0.25) is 16.0 Å². The predicted molar refractivity (Wildman–Crippen MR) is 114 cm³/mol. The summed E-state index contributed by atoms with van der Waals surface area (Å²) in [7, 11) is -3.38. The fourth-order valence-electron chi connectivity index (χ4n) is 4.59. The molecule has 2 aromatic rings. The van der Waals surface area contributed by atoms with Gasteiger partial charge in [-0.15, -0.1) is 0 Å². The monoisotopic (exact) mass is 454 g/mol. The maximum atomic E-state index is 14.8. The average molecular weight is 455 g/mol. The van der Waals surface area contributed by atoms with Crippen molar-refractivity contribution in [3.8, 4) is 0 Å². The molecule has 5 rings (SSSR count). The molecule has 2 saturated heterocycles. The van der Waals surface area contributed by atoms with Gasteiger partial charge in [-0.05, 0) is 44.7 Å². The van der Waals surface area contributed by atoms with Crippen molar-refractivity contribution in [1.29, 1.82) is 0 Å². The van der Waals surface area contributed by atoms with Gasteiger partial charge in [0.1, 0.15) is 18.0 Å². The molecule has 0 spiro atoms. The molecule has 8 nitrogen and oxygen atoms in total. The minimum atomic E-state index is -3.38.